The normalized spacial score (nSPS) is 15.0. The van der Waals surface area contributed by atoms with E-state index in [1.165, 1.54) is 19.2 Å². The Morgan fingerprint density at radius 1 is 1.53 bits per heavy atom. The van der Waals surface area contributed by atoms with E-state index in [0.29, 0.717) is 5.56 Å². The highest BCUT2D eigenvalue weighted by Gasteiger charge is 2.20. The highest BCUT2D eigenvalue weighted by atomic mass is 35.5. The first-order valence-corrected chi connectivity index (χ1v) is 5.14. The largest absolute Gasteiger partial charge is 0.390 e. The molecule has 0 amide bonds. The van der Waals surface area contributed by atoms with Crippen molar-refractivity contribution in [2.75, 3.05) is 5.88 Å². The molecule has 0 spiro atoms. The molecule has 0 aromatic carbocycles. The minimum atomic E-state index is -1.12. The van der Waals surface area contributed by atoms with Crippen LogP contribution in [-0.2, 0) is 0 Å². The van der Waals surface area contributed by atoms with E-state index in [-0.39, 0.29) is 17.9 Å². The second kappa shape index (κ2) is 5.39. The maximum absolute atomic E-state index is 13.1. The van der Waals surface area contributed by atoms with E-state index in [1.54, 1.807) is 0 Å². The minimum absolute atomic E-state index is 0.241. The van der Waals surface area contributed by atoms with Gasteiger partial charge >= 0.3 is 0 Å². The van der Waals surface area contributed by atoms with Crippen molar-refractivity contribution in [2.24, 2.45) is 0 Å². The lowest BCUT2D eigenvalue weighted by molar-refractivity contribution is 0.0163. The third kappa shape index (κ3) is 2.87. The number of hydrogen-bond acceptors (Lipinski definition) is 3. The first-order chi connectivity index (χ1) is 7.07. The average molecular weight is 234 g/mol. The summed E-state index contributed by atoms with van der Waals surface area (Å²) in [5, 5.41) is 19.2. The van der Waals surface area contributed by atoms with Crippen LogP contribution in [0.5, 0.6) is 0 Å². The van der Waals surface area contributed by atoms with E-state index in [0.717, 1.165) is 0 Å². The van der Waals surface area contributed by atoms with Gasteiger partial charge in [0.25, 0.3) is 0 Å². The SMILES string of the molecule is Cc1c(C(O)C(O)CCCl)ccnc1F. The number of nitrogens with zero attached hydrogens (tertiary/aromatic N) is 1. The molecule has 1 rings (SSSR count). The van der Waals surface area contributed by atoms with Gasteiger partial charge in [-0.05, 0) is 25.0 Å². The van der Waals surface area contributed by atoms with Crippen LogP contribution in [0.2, 0.25) is 0 Å². The lowest BCUT2D eigenvalue weighted by atomic mass is 10.00. The van der Waals surface area contributed by atoms with Crippen LogP contribution in [0.25, 0.3) is 0 Å². The van der Waals surface area contributed by atoms with Crippen LogP contribution in [0.15, 0.2) is 12.3 Å². The molecule has 0 saturated carbocycles. The van der Waals surface area contributed by atoms with Gasteiger partial charge in [0.15, 0.2) is 0 Å². The molecule has 84 valence electrons. The van der Waals surface area contributed by atoms with Crippen molar-refractivity contribution in [3.8, 4) is 0 Å². The summed E-state index contributed by atoms with van der Waals surface area (Å²) < 4.78 is 13.1. The molecule has 2 N–H and O–H groups in total. The van der Waals surface area contributed by atoms with Crippen molar-refractivity contribution in [2.45, 2.75) is 25.6 Å². The second-order valence-electron chi connectivity index (χ2n) is 3.31. The average Bonchev–Trinajstić information content (AvgIpc) is 2.21. The zero-order valence-corrected chi connectivity index (χ0v) is 9.08. The number of halogens is 2. The highest BCUT2D eigenvalue weighted by molar-refractivity contribution is 6.17. The van der Waals surface area contributed by atoms with Crippen LogP contribution in [0.1, 0.15) is 23.7 Å². The topological polar surface area (TPSA) is 53.4 Å². The fourth-order valence-corrected chi connectivity index (χ4v) is 1.54. The van der Waals surface area contributed by atoms with Crippen molar-refractivity contribution < 1.29 is 14.6 Å². The summed E-state index contributed by atoms with van der Waals surface area (Å²) in [6.45, 7) is 1.51. The molecule has 0 fully saturated rings. The Hall–Kier alpha value is -0.710. The smallest absolute Gasteiger partial charge is 0.216 e. The van der Waals surface area contributed by atoms with E-state index in [1.807, 2.05) is 0 Å². The number of aromatic nitrogens is 1. The van der Waals surface area contributed by atoms with Gasteiger partial charge in [0.1, 0.15) is 6.10 Å². The third-order valence-electron chi connectivity index (χ3n) is 2.27. The van der Waals surface area contributed by atoms with Crippen molar-refractivity contribution >= 4 is 11.6 Å². The summed E-state index contributed by atoms with van der Waals surface area (Å²) in [5.41, 5.74) is 0.596. The zero-order chi connectivity index (χ0) is 11.4. The van der Waals surface area contributed by atoms with E-state index in [2.05, 4.69) is 4.98 Å². The summed E-state index contributed by atoms with van der Waals surface area (Å²) in [4.78, 5) is 3.44. The lowest BCUT2D eigenvalue weighted by Crippen LogP contribution is -2.20. The molecule has 1 aromatic rings. The number of hydrogen-bond donors (Lipinski definition) is 2. The Labute approximate surface area is 92.5 Å². The molecule has 15 heavy (non-hydrogen) atoms. The first-order valence-electron chi connectivity index (χ1n) is 4.61. The van der Waals surface area contributed by atoms with Gasteiger partial charge in [-0.15, -0.1) is 11.6 Å². The molecular formula is C10H13ClFNO2. The zero-order valence-electron chi connectivity index (χ0n) is 8.32. The molecule has 0 radical (unpaired) electrons. The number of aliphatic hydroxyl groups is 2. The summed E-state index contributed by atoms with van der Waals surface area (Å²) in [7, 11) is 0. The van der Waals surface area contributed by atoms with E-state index in [4.69, 9.17) is 11.6 Å². The Morgan fingerprint density at radius 3 is 2.80 bits per heavy atom. The maximum atomic E-state index is 13.1. The van der Waals surface area contributed by atoms with E-state index >= 15 is 0 Å². The predicted molar refractivity (Wildman–Crippen MR) is 55.2 cm³/mol. The van der Waals surface area contributed by atoms with Crippen molar-refractivity contribution in [3.63, 3.8) is 0 Å². The van der Waals surface area contributed by atoms with Crippen LogP contribution in [-0.4, -0.2) is 27.2 Å². The minimum Gasteiger partial charge on any atom is -0.390 e. The second-order valence-corrected chi connectivity index (χ2v) is 3.68. The van der Waals surface area contributed by atoms with E-state index < -0.39 is 18.2 Å². The molecule has 3 nitrogen and oxygen atoms in total. The fourth-order valence-electron chi connectivity index (χ4n) is 1.32. The molecule has 1 heterocycles. The molecule has 0 aliphatic rings. The van der Waals surface area contributed by atoms with Gasteiger partial charge in [0.05, 0.1) is 6.10 Å². The maximum Gasteiger partial charge on any atom is 0.216 e. The van der Waals surface area contributed by atoms with Crippen LogP contribution in [0, 0.1) is 12.9 Å². The van der Waals surface area contributed by atoms with Gasteiger partial charge in [0.2, 0.25) is 5.95 Å². The summed E-state index contributed by atoms with van der Waals surface area (Å²) in [5.74, 6) is -0.394. The Balaban J connectivity index is 2.90. The molecule has 5 heteroatoms. The van der Waals surface area contributed by atoms with Crippen LogP contribution in [0.4, 0.5) is 4.39 Å². The lowest BCUT2D eigenvalue weighted by Gasteiger charge is -2.18. The van der Waals surface area contributed by atoms with E-state index in [9.17, 15) is 14.6 Å². The summed E-state index contributed by atoms with van der Waals surface area (Å²) >= 11 is 5.44. The number of aliphatic hydroxyl groups excluding tert-OH is 2. The predicted octanol–water partition coefficient (Wildman–Crippen LogP) is 1.55. The van der Waals surface area contributed by atoms with Gasteiger partial charge in [0, 0.05) is 17.6 Å². The summed E-state index contributed by atoms with van der Waals surface area (Å²) in [6.07, 6.45) is -0.593. The van der Waals surface area contributed by atoms with Crippen molar-refractivity contribution in [1.29, 1.82) is 0 Å². The number of alkyl halides is 1. The standard InChI is InChI=1S/C10H13ClFNO2/c1-6-7(3-5-13-10(6)12)9(15)8(14)2-4-11/h3,5,8-9,14-15H,2,4H2,1H3. The molecule has 1 aromatic heterocycles. The van der Waals surface area contributed by atoms with Gasteiger partial charge in [-0.2, -0.15) is 4.39 Å². The third-order valence-corrected chi connectivity index (χ3v) is 2.49. The number of pyridine rings is 1. The van der Waals surface area contributed by atoms with Crippen molar-refractivity contribution in [3.05, 3.63) is 29.3 Å². The van der Waals surface area contributed by atoms with Crippen LogP contribution in [0.3, 0.4) is 0 Å². The Kier molecular flexibility index (Phi) is 4.45. The van der Waals surface area contributed by atoms with Crippen molar-refractivity contribution in [1.82, 2.24) is 4.98 Å². The van der Waals surface area contributed by atoms with Gasteiger partial charge in [-0.1, -0.05) is 0 Å². The van der Waals surface area contributed by atoms with Gasteiger partial charge in [-0.25, -0.2) is 4.98 Å². The Morgan fingerprint density at radius 2 is 2.20 bits per heavy atom. The van der Waals surface area contributed by atoms with Gasteiger partial charge in [-0.3, -0.25) is 0 Å². The van der Waals surface area contributed by atoms with Crippen LogP contribution < -0.4 is 0 Å². The fraction of sp³-hybridized carbons (Fsp3) is 0.500. The number of rotatable bonds is 4. The molecule has 0 aliphatic heterocycles. The van der Waals surface area contributed by atoms with Gasteiger partial charge < -0.3 is 10.2 Å². The molecule has 2 unspecified atom stereocenters. The molecule has 0 aliphatic carbocycles. The molecule has 0 saturated heterocycles. The Bertz CT molecular complexity index is 335. The summed E-state index contributed by atoms with van der Waals surface area (Å²) in [6, 6.07) is 1.49. The molecule has 2 atom stereocenters. The first kappa shape index (κ1) is 12.4. The molecule has 0 bridgehead atoms. The monoisotopic (exact) mass is 233 g/mol. The quantitative estimate of drug-likeness (QED) is 0.613. The van der Waals surface area contributed by atoms with Crippen LogP contribution >= 0.6 is 11.6 Å². The highest BCUT2D eigenvalue weighted by Crippen LogP contribution is 2.23. The molecular weight excluding hydrogens is 221 g/mol.